The van der Waals surface area contributed by atoms with Crippen molar-refractivity contribution in [3.05, 3.63) is 36.9 Å². The Kier molecular flexibility index (Phi) is 3.37. The van der Waals surface area contributed by atoms with Gasteiger partial charge in [-0.2, -0.15) is 0 Å². The van der Waals surface area contributed by atoms with Gasteiger partial charge in [0, 0.05) is 33.1 Å². The Bertz CT molecular complexity index is 587. The second-order valence-corrected chi connectivity index (χ2v) is 4.85. The highest BCUT2D eigenvalue weighted by atomic mass is 16.2. The number of benzene rings is 1. The molecule has 1 aromatic heterocycles. The second kappa shape index (κ2) is 5.32. The van der Waals surface area contributed by atoms with Crippen LogP contribution in [0.3, 0.4) is 0 Å². The Hall–Kier alpha value is -2.37. The van der Waals surface area contributed by atoms with Gasteiger partial charge in [0.05, 0.1) is 11.4 Å². The molecule has 1 aromatic carbocycles. The Morgan fingerprint density at radius 2 is 1.60 bits per heavy atom. The van der Waals surface area contributed by atoms with Crippen molar-refractivity contribution < 1.29 is 4.79 Å². The number of amides is 1. The molecule has 0 spiro atoms. The summed E-state index contributed by atoms with van der Waals surface area (Å²) in [5, 5.41) is 7.72. The van der Waals surface area contributed by atoms with Crippen LogP contribution in [0.4, 0.5) is 5.69 Å². The molecule has 0 bridgehead atoms. The van der Waals surface area contributed by atoms with E-state index >= 15 is 0 Å². The number of anilines is 1. The normalized spacial score (nSPS) is 15.4. The molecule has 1 amide bonds. The van der Waals surface area contributed by atoms with Crippen LogP contribution < -0.4 is 4.90 Å². The van der Waals surface area contributed by atoms with Gasteiger partial charge < -0.3 is 9.80 Å². The zero-order valence-electron chi connectivity index (χ0n) is 11.4. The van der Waals surface area contributed by atoms with E-state index < -0.39 is 0 Å². The molecule has 1 fully saturated rings. The molecule has 6 nitrogen and oxygen atoms in total. The summed E-state index contributed by atoms with van der Waals surface area (Å²) >= 11 is 0. The highest BCUT2D eigenvalue weighted by Gasteiger charge is 2.20. The van der Waals surface area contributed by atoms with Crippen molar-refractivity contribution >= 4 is 11.6 Å². The third kappa shape index (κ3) is 2.36. The quantitative estimate of drug-likeness (QED) is 0.815. The summed E-state index contributed by atoms with van der Waals surface area (Å²) in [5.41, 5.74) is 2.21. The summed E-state index contributed by atoms with van der Waals surface area (Å²) in [7, 11) is 0. The van der Waals surface area contributed by atoms with Crippen LogP contribution in [-0.4, -0.2) is 51.8 Å². The third-order valence-corrected chi connectivity index (χ3v) is 3.64. The number of hydrogen-bond acceptors (Lipinski definition) is 4. The molecule has 2 aromatic rings. The molecule has 0 N–H and O–H groups in total. The lowest BCUT2D eigenvalue weighted by atomic mass is 10.2. The van der Waals surface area contributed by atoms with E-state index in [4.69, 9.17) is 0 Å². The van der Waals surface area contributed by atoms with Gasteiger partial charge in [-0.1, -0.05) is 12.1 Å². The molecule has 0 atom stereocenters. The molecule has 0 radical (unpaired) electrons. The Balaban J connectivity index is 1.83. The first kappa shape index (κ1) is 12.7. The maximum atomic E-state index is 11.4. The fourth-order valence-electron chi connectivity index (χ4n) is 2.54. The number of nitrogens with zero attached hydrogens (tertiary/aromatic N) is 5. The predicted octanol–water partition coefficient (Wildman–Crippen LogP) is 0.936. The minimum absolute atomic E-state index is 0.150. The summed E-state index contributed by atoms with van der Waals surface area (Å²) in [5.74, 6) is 0.150. The lowest BCUT2D eigenvalue weighted by Gasteiger charge is -2.36. The minimum Gasteiger partial charge on any atom is -0.366 e. The molecule has 20 heavy (non-hydrogen) atoms. The maximum absolute atomic E-state index is 11.4. The van der Waals surface area contributed by atoms with Crippen molar-refractivity contribution in [2.45, 2.75) is 6.92 Å². The van der Waals surface area contributed by atoms with Crippen LogP contribution in [0, 0.1) is 0 Å². The zero-order chi connectivity index (χ0) is 13.9. The minimum atomic E-state index is 0.150. The van der Waals surface area contributed by atoms with Crippen LogP contribution in [0.1, 0.15) is 6.92 Å². The van der Waals surface area contributed by atoms with E-state index in [9.17, 15) is 4.79 Å². The second-order valence-electron chi connectivity index (χ2n) is 4.85. The predicted molar refractivity (Wildman–Crippen MR) is 75.8 cm³/mol. The van der Waals surface area contributed by atoms with Crippen LogP contribution in [-0.2, 0) is 4.79 Å². The van der Waals surface area contributed by atoms with Crippen LogP contribution >= 0.6 is 0 Å². The molecule has 0 aliphatic carbocycles. The summed E-state index contributed by atoms with van der Waals surface area (Å²) in [4.78, 5) is 15.6. The first-order valence-electron chi connectivity index (χ1n) is 6.70. The van der Waals surface area contributed by atoms with Crippen LogP contribution in [0.15, 0.2) is 36.9 Å². The summed E-state index contributed by atoms with van der Waals surface area (Å²) in [6.45, 7) is 4.86. The number of hydrogen-bond donors (Lipinski definition) is 0. The van der Waals surface area contributed by atoms with Gasteiger partial charge in [-0.15, -0.1) is 10.2 Å². The first-order valence-corrected chi connectivity index (χ1v) is 6.70. The molecule has 6 heteroatoms. The SMILES string of the molecule is CC(=O)N1CCN(c2ccccc2-n2cnnc2)CC1. The molecule has 0 unspecified atom stereocenters. The van der Waals surface area contributed by atoms with Crippen molar-refractivity contribution in [3.8, 4) is 5.69 Å². The van der Waals surface area contributed by atoms with Gasteiger partial charge in [0.25, 0.3) is 0 Å². The standard InChI is InChI=1S/C14H17N5O/c1-12(20)17-6-8-18(9-7-17)13-4-2-3-5-14(13)19-10-15-16-11-19/h2-5,10-11H,6-9H2,1H3. The smallest absolute Gasteiger partial charge is 0.219 e. The van der Waals surface area contributed by atoms with Crippen molar-refractivity contribution in [1.29, 1.82) is 0 Å². The van der Waals surface area contributed by atoms with Crippen molar-refractivity contribution in [2.75, 3.05) is 31.1 Å². The highest BCUT2D eigenvalue weighted by molar-refractivity contribution is 5.73. The molecule has 2 heterocycles. The molecular weight excluding hydrogens is 254 g/mol. The van der Waals surface area contributed by atoms with Crippen molar-refractivity contribution in [2.24, 2.45) is 0 Å². The third-order valence-electron chi connectivity index (χ3n) is 3.64. The number of carbonyl (C=O) groups excluding carboxylic acids is 1. The van der Waals surface area contributed by atoms with E-state index in [1.54, 1.807) is 19.6 Å². The van der Waals surface area contributed by atoms with Crippen LogP contribution in [0.2, 0.25) is 0 Å². The van der Waals surface area contributed by atoms with E-state index in [0.717, 1.165) is 37.6 Å². The Labute approximate surface area is 117 Å². The molecular formula is C14H17N5O. The van der Waals surface area contributed by atoms with E-state index in [1.807, 2.05) is 21.6 Å². The molecule has 1 saturated heterocycles. The van der Waals surface area contributed by atoms with Gasteiger partial charge in [-0.25, -0.2) is 0 Å². The molecule has 3 rings (SSSR count). The van der Waals surface area contributed by atoms with Gasteiger partial charge in [-0.05, 0) is 12.1 Å². The topological polar surface area (TPSA) is 54.3 Å². The number of aromatic nitrogens is 3. The monoisotopic (exact) mass is 271 g/mol. The van der Waals surface area contributed by atoms with Gasteiger partial charge >= 0.3 is 0 Å². The van der Waals surface area contributed by atoms with Gasteiger partial charge in [-0.3, -0.25) is 9.36 Å². The molecule has 104 valence electrons. The van der Waals surface area contributed by atoms with Crippen LogP contribution in [0.25, 0.3) is 5.69 Å². The average molecular weight is 271 g/mol. The first-order chi connectivity index (χ1) is 9.75. The van der Waals surface area contributed by atoms with Crippen molar-refractivity contribution in [1.82, 2.24) is 19.7 Å². The fraction of sp³-hybridized carbons (Fsp3) is 0.357. The molecule has 0 saturated carbocycles. The summed E-state index contributed by atoms with van der Waals surface area (Å²) in [6.07, 6.45) is 3.40. The lowest BCUT2D eigenvalue weighted by Crippen LogP contribution is -2.48. The van der Waals surface area contributed by atoms with E-state index in [-0.39, 0.29) is 5.91 Å². The summed E-state index contributed by atoms with van der Waals surface area (Å²) in [6, 6.07) is 8.18. The van der Waals surface area contributed by atoms with Crippen LogP contribution in [0.5, 0.6) is 0 Å². The largest absolute Gasteiger partial charge is 0.366 e. The number of carbonyl (C=O) groups is 1. The maximum Gasteiger partial charge on any atom is 0.219 e. The highest BCUT2D eigenvalue weighted by Crippen LogP contribution is 2.24. The van der Waals surface area contributed by atoms with Crippen molar-refractivity contribution in [3.63, 3.8) is 0 Å². The van der Waals surface area contributed by atoms with Gasteiger partial charge in [0.15, 0.2) is 0 Å². The number of rotatable bonds is 2. The fourth-order valence-corrected chi connectivity index (χ4v) is 2.54. The van der Waals surface area contributed by atoms with E-state index in [2.05, 4.69) is 27.2 Å². The average Bonchev–Trinajstić information content (AvgIpc) is 3.01. The Morgan fingerprint density at radius 1 is 1.00 bits per heavy atom. The van der Waals surface area contributed by atoms with Gasteiger partial charge in [0.1, 0.15) is 12.7 Å². The van der Waals surface area contributed by atoms with Gasteiger partial charge in [0.2, 0.25) is 5.91 Å². The molecule has 1 aliphatic heterocycles. The zero-order valence-corrected chi connectivity index (χ0v) is 11.4. The van der Waals surface area contributed by atoms with E-state index in [1.165, 1.54) is 0 Å². The lowest BCUT2D eigenvalue weighted by molar-refractivity contribution is -0.129. The molecule has 1 aliphatic rings. The Morgan fingerprint density at radius 3 is 2.20 bits per heavy atom. The number of para-hydroxylation sites is 2. The summed E-state index contributed by atoms with van der Waals surface area (Å²) < 4.78 is 1.91. The number of piperazine rings is 1. The van der Waals surface area contributed by atoms with E-state index in [0.29, 0.717) is 0 Å².